The second-order valence-electron chi connectivity index (χ2n) is 8.21. The van der Waals surface area contributed by atoms with Gasteiger partial charge < -0.3 is 10.3 Å². The molecule has 32 heavy (non-hydrogen) atoms. The number of carbonyl (C=O) groups is 1. The number of rotatable bonds is 3. The molecule has 0 spiro atoms. The van der Waals surface area contributed by atoms with E-state index in [1.807, 2.05) is 0 Å². The zero-order chi connectivity index (χ0) is 22.6. The van der Waals surface area contributed by atoms with Crippen molar-refractivity contribution in [2.75, 3.05) is 5.73 Å². The number of nitrogen functional groups attached to an aromatic ring is 1. The Morgan fingerprint density at radius 2 is 1.75 bits per heavy atom. The summed E-state index contributed by atoms with van der Waals surface area (Å²) in [5.41, 5.74) is 8.48. The van der Waals surface area contributed by atoms with E-state index in [1.54, 1.807) is 29.9 Å². The molecular weight excluding hydrogens is 417 g/mol. The highest BCUT2D eigenvalue weighted by molar-refractivity contribution is 6.00. The van der Waals surface area contributed by atoms with Crippen molar-refractivity contribution in [2.45, 2.75) is 24.7 Å². The number of nitrogens with zero attached hydrogens (tertiary/aromatic N) is 3. The maximum Gasteiger partial charge on any atom is 0.145 e. The minimum atomic E-state index is -0.676. The number of anilines is 1. The van der Waals surface area contributed by atoms with E-state index in [2.05, 4.69) is 9.97 Å². The molecule has 0 amide bonds. The van der Waals surface area contributed by atoms with Crippen LogP contribution in [0, 0.1) is 17.5 Å². The third kappa shape index (κ3) is 3.32. The van der Waals surface area contributed by atoms with Gasteiger partial charge >= 0.3 is 0 Å². The van der Waals surface area contributed by atoms with Crippen molar-refractivity contribution in [3.63, 3.8) is 0 Å². The van der Waals surface area contributed by atoms with Crippen LogP contribution in [0.3, 0.4) is 0 Å². The summed E-state index contributed by atoms with van der Waals surface area (Å²) >= 11 is 0. The third-order valence-electron chi connectivity index (χ3n) is 6.18. The van der Waals surface area contributed by atoms with Crippen LogP contribution in [0.15, 0.2) is 48.9 Å². The number of hydrogen-bond acceptors (Lipinski definition) is 4. The van der Waals surface area contributed by atoms with Gasteiger partial charge in [0.05, 0.1) is 5.39 Å². The van der Waals surface area contributed by atoms with E-state index in [-0.39, 0.29) is 23.9 Å². The van der Waals surface area contributed by atoms with Crippen molar-refractivity contribution < 1.29 is 18.0 Å². The maximum atomic E-state index is 15.2. The van der Waals surface area contributed by atoms with Gasteiger partial charge in [0.15, 0.2) is 0 Å². The standard InChI is InChI=1S/C24H19F3N4O/c1-31-10-19(22-23(28)29-11-30-24(22)31)17-3-2-12(7-20(17)27)18-6-14(8-21(18)32)13-4-15(25)9-16(26)5-13/h2-5,7,9-11,14,18H,6,8H2,1H3,(H2,28,29,30). The van der Waals surface area contributed by atoms with E-state index in [0.29, 0.717) is 39.7 Å². The number of nitrogens with two attached hydrogens (primary N) is 1. The van der Waals surface area contributed by atoms with Crippen molar-refractivity contribution in [1.82, 2.24) is 14.5 Å². The quantitative estimate of drug-likeness (QED) is 0.498. The lowest BCUT2D eigenvalue weighted by molar-refractivity contribution is -0.118. The molecular formula is C24H19F3N4O. The van der Waals surface area contributed by atoms with Crippen LogP contribution >= 0.6 is 0 Å². The van der Waals surface area contributed by atoms with Crippen LogP contribution in [0.4, 0.5) is 19.0 Å². The lowest BCUT2D eigenvalue weighted by Crippen LogP contribution is -2.04. The second kappa shape index (κ2) is 7.47. The molecule has 0 bridgehead atoms. The number of ketones is 1. The number of benzene rings is 2. The number of hydrogen-bond donors (Lipinski definition) is 1. The number of halogens is 3. The van der Waals surface area contributed by atoms with Crippen molar-refractivity contribution in [3.8, 4) is 11.1 Å². The minimum absolute atomic E-state index is 0.0744. The number of aromatic nitrogens is 3. The summed E-state index contributed by atoms with van der Waals surface area (Å²) in [6.07, 6.45) is 3.63. The topological polar surface area (TPSA) is 73.8 Å². The van der Waals surface area contributed by atoms with Gasteiger partial charge in [0.2, 0.25) is 0 Å². The summed E-state index contributed by atoms with van der Waals surface area (Å²) in [5.74, 6) is -2.51. The Morgan fingerprint density at radius 1 is 1.00 bits per heavy atom. The molecule has 162 valence electrons. The van der Waals surface area contributed by atoms with Crippen LogP contribution in [0.5, 0.6) is 0 Å². The van der Waals surface area contributed by atoms with E-state index < -0.39 is 23.4 Å². The molecule has 8 heteroatoms. The summed E-state index contributed by atoms with van der Waals surface area (Å²) in [4.78, 5) is 20.9. The molecule has 5 rings (SSSR count). The lowest BCUT2D eigenvalue weighted by Gasteiger charge is -2.13. The summed E-state index contributed by atoms with van der Waals surface area (Å²) < 4.78 is 44.2. The zero-order valence-electron chi connectivity index (χ0n) is 17.1. The Morgan fingerprint density at radius 3 is 2.47 bits per heavy atom. The molecule has 0 radical (unpaired) electrons. The van der Waals surface area contributed by atoms with E-state index in [9.17, 15) is 13.6 Å². The van der Waals surface area contributed by atoms with Gasteiger partial charge in [-0.2, -0.15) is 0 Å². The molecule has 1 saturated carbocycles. The van der Waals surface area contributed by atoms with E-state index in [4.69, 9.17) is 5.73 Å². The molecule has 2 heterocycles. The summed E-state index contributed by atoms with van der Waals surface area (Å²) in [7, 11) is 1.79. The van der Waals surface area contributed by atoms with Gasteiger partial charge in [-0.1, -0.05) is 12.1 Å². The summed E-state index contributed by atoms with van der Waals surface area (Å²) in [6, 6.07) is 7.99. The molecule has 5 nitrogen and oxygen atoms in total. The molecule has 0 aliphatic heterocycles. The number of carbonyl (C=O) groups excluding carboxylic acids is 1. The number of aryl methyl sites for hydroxylation is 1. The molecule has 2 atom stereocenters. The maximum absolute atomic E-state index is 15.2. The first-order valence-corrected chi connectivity index (χ1v) is 10.2. The lowest BCUT2D eigenvalue weighted by atomic mass is 9.91. The average molecular weight is 436 g/mol. The summed E-state index contributed by atoms with van der Waals surface area (Å²) in [6.45, 7) is 0. The highest BCUT2D eigenvalue weighted by Gasteiger charge is 2.35. The zero-order valence-corrected chi connectivity index (χ0v) is 17.1. The molecule has 1 aliphatic carbocycles. The van der Waals surface area contributed by atoms with Crippen LogP contribution in [0.25, 0.3) is 22.2 Å². The van der Waals surface area contributed by atoms with Crippen LogP contribution in [-0.2, 0) is 11.8 Å². The predicted molar refractivity (Wildman–Crippen MR) is 114 cm³/mol. The first kappa shape index (κ1) is 20.2. The van der Waals surface area contributed by atoms with Gasteiger partial charge in [-0.3, -0.25) is 4.79 Å². The predicted octanol–water partition coefficient (Wildman–Crippen LogP) is 4.87. The van der Waals surface area contributed by atoms with Crippen LogP contribution in [0.1, 0.15) is 35.8 Å². The molecule has 2 aromatic carbocycles. The summed E-state index contributed by atoms with van der Waals surface area (Å²) in [5, 5.41) is 0.562. The Balaban J connectivity index is 1.48. The fraction of sp³-hybridized carbons (Fsp3) is 0.208. The molecule has 2 N–H and O–H groups in total. The average Bonchev–Trinajstić information content (AvgIpc) is 3.28. The first-order chi connectivity index (χ1) is 15.3. The number of fused-ring (bicyclic) bond motifs is 1. The normalized spacial score (nSPS) is 18.6. The van der Waals surface area contributed by atoms with Crippen molar-refractivity contribution in [1.29, 1.82) is 0 Å². The monoisotopic (exact) mass is 436 g/mol. The molecule has 1 fully saturated rings. The van der Waals surface area contributed by atoms with Gasteiger partial charge in [-0.05, 0) is 41.7 Å². The molecule has 1 aliphatic rings. The van der Waals surface area contributed by atoms with E-state index in [0.717, 1.165) is 6.07 Å². The van der Waals surface area contributed by atoms with Crippen LogP contribution in [-0.4, -0.2) is 20.3 Å². The Labute approximate surface area is 181 Å². The van der Waals surface area contributed by atoms with Gasteiger partial charge in [0.1, 0.15) is 41.0 Å². The van der Waals surface area contributed by atoms with Crippen molar-refractivity contribution in [2.24, 2.45) is 7.05 Å². The molecule has 2 aromatic heterocycles. The fourth-order valence-corrected chi connectivity index (χ4v) is 4.68. The Bertz CT molecular complexity index is 1360. The SMILES string of the molecule is Cn1cc(-c2ccc(C3CC(c4cc(F)cc(F)c4)CC3=O)cc2F)c2c(N)ncnc21. The van der Waals surface area contributed by atoms with Crippen molar-refractivity contribution in [3.05, 3.63) is 77.5 Å². The third-order valence-corrected chi connectivity index (χ3v) is 6.18. The van der Waals surface area contributed by atoms with Crippen LogP contribution < -0.4 is 5.73 Å². The first-order valence-electron chi connectivity index (χ1n) is 10.2. The van der Waals surface area contributed by atoms with E-state index >= 15 is 4.39 Å². The highest BCUT2D eigenvalue weighted by Crippen LogP contribution is 2.43. The fourth-order valence-electron chi connectivity index (χ4n) is 4.68. The van der Waals surface area contributed by atoms with Gasteiger partial charge in [0, 0.05) is 42.8 Å². The minimum Gasteiger partial charge on any atom is -0.383 e. The second-order valence-corrected chi connectivity index (χ2v) is 8.21. The van der Waals surface area contributed by atoms with E-state index in [1.165, 1.54) is 24.5 Å². The van der Waals surface area contributed by atoms with Gasteiger partial charge in [-0.25, -0.2) is 23.1 Å². The molecule has 2 unspecified atom stereocenters. The highest BCUT2D eigenvalue weighted by atomic mass is 19.1. The smallest absolute Gasteiger partial charge is 0.145 e. The van der Waals surface area contributed by atoms with Crippen LogP contribution in [0.2, 0.25) is 0 Å². The van der Waals surface area contributed by atoms with Gasteiger partial charge in [0.25, 0.3) is 0 Å². The Hall–Kier alpha value is -3.68. The van der Waals surface area contributed by atoms with Gasteiger partial charge in [-0.15, -0.1) is 0 Å². The Kier molecular flexibility index (Phi) is 4.73. The molecule has 0 saturated heterocycles. The largest absolute Gasteiger partial charge is 0.383 e. The number of Topliss-reactive ketones (excluding diaryl/α,β-unsaturated/α-hetero) is 1. The van der Waals surface area contributed by atoms with Crippen molar-refractivity contribution >= 4 is 22.6 Å². The molecule has 4 aromatic rings.